The summed E-state index contributed by atoms with van der Waals surface area (Å²) in [6.45, 7) is 0.671. The molecule has 1 saturated heterocycles. The van der Waals surface area contributed by atoms with E-state index in [-0.39, 0.29) is 24.1 Å². The topological polar surface area (TPSA) is 41.1 Å². The predicted octanol–water partition coefficient (Wildman–Crippen LogP) is 2.07. The molecule has 6 heteroatoms. The molecule has 1 aromatic rings. The highest BCUT2D eigenvalue weighted by atomic mass is 19.4. The molecule has 19 heavy (non-hydrogen) atoms. The summed E-state index contributed by atoms with van der Waals surface area (Å²) < 4.78 is 38.2. The van der Waals surface area contributed by atoms with Crippen molar-refractivity contribution in [3.8, 4) is 0 Å². The fourth-order valence-corrected chi connectivity index (χ4v) is 2.16. The van der Waals surface area contributed by atoms with Crippen molar-refractivity contribution in [2.45, 2.75) is 31.6 Å². The van der Waals surface area contributed by atoms with Gasteiger partial charge < -0.3 is 10.6 Å². The second-order valence-electron chi connectivity index (χ2n) is 4.52. The van der Waals surface area contributed by atoms with Gasteiger partial charge in [-0.15, -0.1) is 0 Å². The van der Waals surface area contributed by atoms with Gasteiger partial charge in [-0.3, -0.25) is 4.79 Å². The fourth-order valence-electron chi connectivity index (χ4n) is 2.16. The molecule has 1 amide bonds. The maximum Gasteiger partial charge on any atom is 0.416 e. The molecular weight excluding hydrogens is 257 g/mol. The molecule has 104 valence electrons. The molecule has 1 atom stereocenters. The second kappa shape index (κ2) is 5.61. The van der Waals surface area contributed by atoms with Crippen LogP contribution in [0, 0.1) is 0 Å². The number of carbonyl (C=O) groups excluding carboxylic acids is 1. The Labute approximate surface area is 109 Å². The van der Waals surface area contributed by atoms with Crippen molar-refractivity contribution in [3.05, 3.63) is 35.4 Å². The van der Waals surface area contributed by atoms with Gasteiger partial charge in [0, 0.05) is 6.54 Å². The molecule has 1 heterocycles. The summed E-state index contributed by atoms with van der Waals surface area (Å²) in [4.78, 5) is 11.7. The van der Waals surface area contributed by atoms with Crippen molar-refractivity contribution in [3.63, 3.8) is 0 Å². The van der Waals surface area contributed by atoms with E-state index < -0.39 is 11.7 Å². The van der Waals surface area contributed by atoms with Gasteiger partial charge in [-0.2, -0.15) is 13.2 Å². The molecule has 1 aliphatic rings. The third kappa shape index (κ3) is 3.47. The zero-order chi connectivity index (χ0) is 13.9. The van der Waals surface area contributed by atoms with E-state index in [0.717, 1.165) is 25.5 Å². The molecule has 1 aliphatic heterocycles. The summed E-state index contributed by atoms with van der Waals surface area (Å²) >= 11 is 0. The quantitative estimate of drug-likeness (QED) is 0.884. The number of benzene rings is 1. The summed E-state index contributed by atoms with van der Waals surface area (Å²) in [7, 11) is 0. The average Bonchev–Trinajstić information content (AvgIpc) is 2.89. The summed E-state index contributed by atoms with van der Waals surface area (Å²) in [5.41, 5.74) is -0.615. The molecule has 3 nitrogen and oxygen atoms in total. The van der Waals surface area contributed by atoms with Gasteiger partial charge in [0.2, 0.25) is 5.91 Å². The first-order chi connectivity index (χ1) is 8.98. The van der Waals surface area contributed by atoms with Crippen molar-refractivity contribution >= 4 is 5.91 Å². The highest BCUT2D eigenvalue weighted by molar-refractivity contribution is 5.82. The second-order valence-corrected chi connectivity index (χ2v) is 4.52. The highest BCUT2D eigenvalue weighted by Crippen LogP contribution is 2.31. The van der Waals surface area contributed by atoms with Crippen LogP contribution in [0.2, 0.25) is 0 Å². The molecule has 2 rings (SSSR count). The molecule has 0 radical (unpaired) electrons. The molecule has 0 aromatic heterocycles. The standard InChI is InChI=1S/C13H15F3N2O/c14-13(15,16)10-5-2-1-4-9(10)8-18-12(19)11-6-3-7-17-11/h1-2,4-5,11,17H,3,6-8H2,(H,18,19)/t11-/m1/s1. The Kier molecular flexibility index (Phi) is 4.09. The molecule has 0 unspecified atom stereocenters. The van der Waals surface area contributed by atoms with E-state index in [9.17, 15) is 18.0 Å². The first kappa shape index (κ1) is 13.9. The van der Waals surface area contributed by atoms with Crippen LogP contribution in [-0.4, -0.2) is 18.5 Å². The molecule has 1 aromatic carbocycles. The van der Waals surface area contributed by atoms with Crippen LogP contribution in [0.15, 0.2) is 24.3 Å². The average molecular weight is 272 g/mol. The summed E-state index contributed by atoms with van der Waals surface area (Å²) in [6, 6.07) is 5.00. The lowest BCUT2D eigenvalue weighted by Crippen LogP contribution is -2.40. The summed E-state index contributed by atoms with van der Waals surface area (Å²) in [5, 5.41) is 5.56. The third-order valence-electron chi connectivity index (χ3n) is 3.15. The summed E-state index contributed by atoms with van der Waals surface area (Å²) in [5.74, 6) is -0.241. The number of hydrogen-bond acceptors (Lipinski definition) is 2. The van der Waals surface area contributed by atoms with E-state index in [1.54, 1.807) is 0 Å². The SMILES string of the molecule is O=C(NCc1ccccc1C(F)(F)F)[C@H]1CCCN1. The molecule has 0 saturated carbocycles. The number of amides is 1. The van der Waals surface area contributed by atoms with Gasteiger partial charge in [0.25, 0.3) is 0 Å². The van der Waals surface area contributed by atoms with Gasteiger partial charge in [-0.05, 0) is 31.0 Å². The van der Waals surface area contributed by atoms with E-state index >= 15 is 0 Å². The van der Waals surface area contributed by atoms with E-state index in [0.29, 0.717) is 0 Å². The molecule has 2 N–H and O–H groups in total. The van der Waals surface area contributed by atoms with E-state index in [4.69, 9.17) is 0 Å². The maximum absolute atomic E-state index is 12.7. The Balaban J connectivity index is 2.01. The molecule has 0 spiro atoms. The fraction of sp³-hybridized carbons (Fsp3) is 0.462. The number of hydrogen-bond donors (Lipinski definition) is 2. The molecule has 0 bridgehead atoms. The molecular formula is C13H15F3N2O. The Bertz CT molecular complexity index is 453. The van der Waals surface area contributed by atoms with Gasteiger partial charge in [-0.1, -0.05) is 18.2 Å². The number of alkyl halides is 3. The van der Waals surface area contributed by atoms with Crippen molar-refractivity contribution in [2.24, 2.45) is 0 Å². The van der Waals surface area contributed by atoms with Crippen molar-refractivity contribution in [1.29, 1.82) is 0 Å². The highest BCUT2D eigenvalue weighted by Gasteiger charge is 2.33. The van der Waals surface area contributed by atoms with Crippen molar-refractivity contribution in [2.75, 3.05) is 6.54 Å². The Hall–Kier alpha value is -1.56. The number of halogens is 3. The van der Waals surface area contributed by atoms with E-state index in [1.807, 2.05) is 0 Å². The minimum Gasteiger partial charge on any atom is -0.351 e. The number of nitrogens with one attached hydrogen (secondary N) is 2. The van der Waals surface area contributed by atoms with Crippen molar-refractivity contribution < 1.29 is 18.0 Å². The minimum atomic E-state index is -4.40. The Morgan fingerprint density at radius 2 is 2.11 bits per heavy atom. The van der Waals surface area contributed by atoms with Gasteiger partial charge >= 0.3 is 6.18 Å². The van der Waals surface area contributed by atoms with Gasteiger partial charge in [0.15, 0.2) is 0 Å². The van der Waals surface area contributed by atoms with Crippen LogP contribution >= 0.6 is 0 Å². The first-order valence-electron chi connectivity index (χ1n) is 6.14. The third-order valence-corrected chi connectivity index (χ3v) is 3.15. The van der Waals surface area contributed by atoms with Gasteiger partial charge in [0.1, 0.15) is 0 Å². The zero-order valence-corrected chi connectivity index (χ0v) is 10.3. The van der Waals surface area contributed by atoms with E-state index in [2.05, 4.69) is 10.6 Å². The smallest absolute Gasteiger partial charge is 0.351 e. The molecule has 0 aliphatic carbocycles. The van der Waals surface area contributed by atoms with Crippen LogP contribution < -0.4 is 10.6 Å². The Morgan fingerprint density at radius 1 is 1.37 bits per heavy atom. The zero-order valence-electron chi connectivity index (χ0n) is 10.3. The molecule has 1 fully saturated rings. The lowest BCUT2D eigenvalue weighted by Gasteiger charge is -2.15. The number of rotatable bonds is 3. The van der Waals surface area contributed by atoms with Crippen LogP contribution in [0.3, 0.4) is 0 Å². The monoisotopic (exact) mass is 272 g/mol. The van der Waals surface area contributed by atoms with Crippen LogP contribution in [0.25, 0.3) is 0 Å². The largest absolute Gasteiger partial charge is 0.416 e. The lowest BCUT2D eigenvalue weighted by atomic mass is 10.1. The van der Waals surface area contributed by atoms with Crippen LogP contribution in [0.1, 0.15) is 24.0 Å². The Morgan fingerprint density at radius 3 is 2.74 bits per heavy atom. The summed E-state index contributed by atoms with van der Waals surface area (Å²) in [6.07, 6.45) is -2.75. The lowest BCUT2D eigenvalue weighted by molar-refractivity contribution is -0.138. The number of carbonyl (C=O) groups is 1. The first-order valence-corrected chi connectivity index (χ1v) is 6.14. The minimum absolute atomic E-state index is 0.0846. The van der Waals surface area contributed by atoms with Gasteiger partial charge in [0.05, 0.1) is 11.6 Å². The van der Waals surface area contributed by atoms with Crippen LogP contribution in [-0.2, 0) is 17.5 Å². The maximum atomic E-state index is 12.7. The predicted molar refractivity (Wildman–Crippen MR) is 64.3 cm³/mol. The van der Waals surface area contributed by atoms with Crippen molar-refractivity contribution in [1.82, 2.24) is 10.6 Å². The van der Waals surface area contributed by atoms with Crippen LogP contribution in [0.5, 0.6) is 0 Å². The normalized spacial score (nSPS) is 19.4. The van der Waals surface area contributed by atoms with Crippen LogP contribution in [0.4, 0.5) is 13.2 Å². The van der Waals surface area contributed by atoms with E-state index in [1.165, 1.54) is 18.2 Å². The van der Waals surface area contributed by atoms with Gasteiger partial charge in [-0.25, -0.2) is 0 Å².